The Kier molecular flexibility index (Phi) is 1.94. The van der Waals surface area contributed by atoms with Crippen molar-refractivity contribution < 1.29 is 0 Å². The van der Waals surface area contributed by atoms with Gasteiger partial charge in [0.15, 0.2) is 0 Å². The molecule has 0 radical (unpaired) electrons. The summed E-state index contributed by atoms with van der Waals surface area (Å²) in [6.45, 7) is 1.98. The molecule has 94 valence electrons. The van der Waals surface area contributed by atoms with Crippen LogP contribution in [0.15, 0.2) is 58.5 Å². The van der Waals surface area contributed by atoms with Gasteiger partial charge in [0.05, 0.1) is 5.71 Å². The van der Waals surface area contributed by atoms with Crippen LogP contribution in [-0.4, -0.2) is 10.3 Å². The monoisotopic (exact) mass is 250 g/mol. The van der Waals surface area contributed by atoms with Crippen molar-refractivity contribution in [1.82, 2.24) is 4.57 Å². The first-order valence-electron chi connectivity index (χ1n) is 6.56. The SMILES string of the molecule is Cc1ccc(=O)n(C2=CC3CC34C=CC=CC4=N2)c1. The third-order valence-corrected chi connectivity index (χ3v) is 4.19. The van der Waals surface area contributed by atoms with Gasteiger partial charge in [-0.3, -0.25) is 9.36 Å². The van der Waals surface area contributed by atoms with Crippen molar-refractivity contribution in [2.45, 2.75) is 13.3 Å². The largest absolute Gasteiger partial charge is 0.269 e. The smallest absolute Gasteiger partial charge is 0.256 e. The normalized spacial score (nSPS) is 30.3. The molecule has 2 unspecified atom stereocenters. The Balaban J connectivity index is 1.85. The average Bonchev–Trinajstić information content (AvgIpc) is 3.12. The van der Waals surface area contributed by atoms with E-state index in [1.807, 2.05) is 25.3 Å². The molecule has 3 aliphatic rings. The fraction of sp³-hybridized carbons (Fsp3) is 0.250. The summed E-state index contributed by atoms with van der Waals surface area (Å²) in [4.78, 5) is 16.7. The van der Waals surface area contributed by atoms with Crippen LogP contribution in [-0.2, 0) is 0 Å². The summed E-state index contributed by atoms with van der Waals surface area (Å²) in [7, 11) is 0. The van der Waals surface area contributed by atoms with Crippen LogP contribution in [0.3, 0.4) is 0 Å². The van der Waals surface area contributed by atoms with Crippen molar-refractivity contribution in [3.63, 3.8) is 0 Å². The molecular weight excluding hydrogens is 236 g/mol. The van der Waals surface area contributed by atoms with E-state index in [1.165, 1.54) is 0 Å². The second-order valence-corrected chi connectivity index (χ2v) is 5.51. The molecule has 2 atom stereocenters. The van der Waals surface area contributed by atoms with Crippen molar-refractivity contribution in [1.29, 1.82) is 0 Å². The molecule has 1 saturated carbocycles. The molecule has 4 rings (SSSR count). The minimum Gasteiger partial charge on any atom is -0.269 e. The second kappa shape index (κ2) is 3.44. The quantitative estimate of drug-likeness (QED) is 0.754. The molecule has 1 aromatic heterocycles. The van der Waals surface area contributed by atoms with E-state index in [1.54, 1.807) is 10.6 Å². The Morgan fingerprint density at radius 2 is 2.26 bits per heavy atom. The number of allylic oxidation sites excluding steroid dienone is 5. The first-order valence-corrected chi connectivity index (χ1v) is 6.56. The van der Waals surface area contributed by atoms with Gasteiger partial charge in [-0.1, -0.05) is 24.3 Å². The van der Waals surface area contributed by atoms with Gasteiger partial charge in [0.25, 0.3) is 5.56 Å². The zero-order chi connectivity index (χ0) is 13.0. The molecule has 0 amide bonds. The minimum atomic E-state index is -0.0234. The summed E-state index contributed by atoms with van der Waals surface area (Å²) in [6, 6.07) is 3.43. The molecule has 19 heavy (non-hydrogen) atoms. The van der Waals surface area contributed by atoms with E-state index in [0.29, 0.717) is 5.92 Å². The van der Waals surface area contributed by atoms with Crippen molar-refractivity contribution >= 4 is 11.5 Å². The van der Waals surface area contributed by atoms with Gasteiger partial charge in [-0.05, 0) is 37.0 Å². The summed E-state index contributed by atoms with van der Waals surface area (Å²) >= 11 is 0. The number of hydrogen-bond acceptors (Lipinski definition) is 2. The third-order valence-electron chi connectivity index (χ3n) is 4.19. The lowest BCUT2D eigenvalue weighted by molar-refractivity contribution is 0.814. The first kappa shape index (κ1) is 10.7. The Bertz CT molecular complexity index is 748. The number of hydrogen-bond donors (Lipinski definition) is 0. The van der Waals surface area contributed by atoms with E-state index >= 15 is 0 Å². The van der Waals surface area contributed by atoms with Crippen LogP contribution < -0.4 is 5.56 Å². The summed E-state index contributed by atoms with van der Waals surface area (Å²) in [5, 5.41) is 0. The lowest BCUT2D eigenvalue weighted by Gasteiger charge is -2.20. The van der Waals surface area contributed by atoms with Crippen LogP contribution >= 0.6 is 0 Å². The van der Waals surface area contributed by atoms with Crippen molar-refractivity contribution in [2.75, 3.05) is 0 Å². The van der Waals surface area contributed by atoms with Gasteiger partial charge >= 0.3 is 0 Å². The minimum absolute atomic E-state index is 0.0234. The maximum Gasteiger partial charge on any atom is 0.256 e. The van der Waals surface area contributed by atoms with E-state index in [0.717, 1.165) is 23.5 Å². The fourth-order valence-corrected chi connectivity index (χ4v) is 3.00. The zero-order valence-corrected chi connectivity index (χ0v) is 10.7. The Morgan fingerprint density at radius 1 is 1.37 bits per heavy atom. The van der Waals surface area contributed by atoms with Gasteiger partial charge in [0, 0.05) is 17.7 Å². The molecule has 2 heterocycles. The van der Waals surface area contributed by atoms with Crippen LogP contribution in [0.2, 0.25) is 0 Å². The van der Waals surface area contributed by atoms with E-state index in [9.17, 15) is 4.79 Å². The van der Waals surface area contributed by atoms with Crippen LogP contribution in [0.1, 0.15) is 12.0 Å². The molecule has 1 spiro atoms. The molecule has 3 nitrogen and oxygen atoms in total. The highest BCUT2D eigenvalue weighted by atomic mass is 16.1. The first-order chi connectivity index (χ1) is 9.19. The van der Waals surface area contributed by atoms with Gasteiger partial charge in [0.2, 0.25) is 0 Å². The molecule has 2 aliphatic carbocycles. The second-order valence-electron chi connectivity index (χ2n) is 5.51. The van der Waals surface area contributed by atoms with Gasteiger partial charge in [-0.2, -0.15) is 0 Å². The topological polar surface area (TPSA) is 34.4 Å². The summed E-state index contributed by atoms with van der Waals surface area (Å²) < 4.78 is 1.65. The predicted octanol–water partition coefficient (Wildman–Crippen LogP) is 2.54. The fourth-order valence-electron chi connectivity index (χ4n) is 3.00. The van der Waals surface area contributed by atoms with E-state index in [4.69, 9.17) is 4.99 Å². The number of aromatic nitrogens is 1. The van der Waals surface area contributed by atoms with Gasteiger partial charge < -0.3 is 0 Å². The van der Waals surface area contributed by atoms with E-state index < -0.39 is 0 Å². The molecule has 1 aliphatic heterocycles. The molecule has 3 heteroatoms. The highest BCUT2D eigenvalue weighted by molar-refractivity contribution is 6.08. The van der Waals surface area contributed by atoms with E-state index in [2.05, 4.69) is 24.3 Å². The van der Waals surface area contributed by atoms with Crippen LogP contribution in [0.4, 0.5) is 0 Å². The number of aliphatic imine (C=N–C) groups is 1. The third kappa shape index (κ3) is 1.44. The molecule has 0 saturated heterocycles. The summed E-state index contributed by atoms with van der Waals surface area (Å²) in [6.07, 6.45) is 13.5. The maximum atomic E-state index is 12.0. The lowest BCUT2D eigenvalue weighted by Crippen LogP contribution is -2.23. The number of nitrogens with zero attached hydrogens (tertiary/aromatic N) is 2. The predicted molar refractivity (Wildman–Crippen MR) is 76.0 cm³/mol. The number of aryl methyl sites for hydroxylation is 1. The highest BCUT2D eigenvalue weighted by Crippen LogP contribution is 2.59. The van der Waals surface area contributed by atoms with Crippen LogP contribution in [0.25, 0.3) is 5.82 Å². The van der Waals surface area contributed by atoms with Gasteiger partial charge in [-0.25, -0.2) is 4.99 Å². The Hall–Kier alpha value is -2.16. The Labute approximate surface area is 111 Å². The average molecular weight is 250 g/mol. The van der Waals surface area contributed by atoms with Crippen LogP contribution in [0.5, 0.6) is 0 Å². The highest BCUT2D eigenvalue weighted by Gasteiger charge is 2.56. The molecule has 0 aromatic carbocycles. The molecule has 1 aromatic rings. The molecule has 1 fully saturated rings. The van der Waals surface area contributed by atoms with Crippen molar-refractivity contribution in [2.24, 2.45) is 16.3 Å². The van der Waals surface area contributed by atoms with Gasteiger partial charge in [0.1, 0.15) is 5.82 Å². The standard InChI is InChI=1S/C16H14N2O/c1-11-5-6-15(19)18(10-11)14-8-12-9-16(12)7-3-2-4-13(16)17-14/h2-8,10,12H,9H2,1H3. The van der Waals surface area contributed by atoms with Crippen molar-refractivity contribution in [3.8, 4) is 0 Å². The summed E-state index contributed by atoms with van der Waals surface area (Å²) in [5.74, 6) is 1.25. The summed E-state index contributed by atoms with van der Waals surface area (Å²) in [5.41, 5.74) is 2.26. The molecular formula is C16H14N2O. The Morgan fingerprint density at radius 3 is 3.16 bits per heavy atom. The lowest BCUT2D eigenvalue weighted by atomic mass is 9.91. The number of rotatable bonds is 1. The molecule has 0 bridgehead atoms. The maximum absolute atomic E-state index is 12.0. The van der Waals surface area contributed by atoms with Crippen LogP contribution in [0, 0.1) is 18.3 Å². The van der Waals surface area contributed by atoms with Crippen molar-refractivity contribution in [3.05, 3.63) is 64.6 Å². The number of pyridine rings is 1. The zero-order valence-electron chi connectivity index (χ0n) is 10.7. The van der Waals surface area contributed by atoms with E-state index in [-0.39, 0.29) is 11.0 Å². The molecule has 0 N–H and O–H groups in total. The van der Waals surface area contributed by atoms with Gasteiger partial charge in [-0.15, -0.1) is 0 Å².